The molecule has 3 nitrogen and oxygen atoms in total. The number of benzene rings is 1. The van der Waals surface area contributed by atoms with Gasteiger partial charge in [0.1, 0.15) is 5.58 Å². The van der Waals surface area contributed by atoms with Gasteiger partial charge in [0.05, 0.1) is 5.56 Å². The van der Waals surface area contributed by atoms with Gasteiger partial charge in [-0.15, -0.1) is 0 Å². The SMILES string of the molecule is CC[C@H]1c2cc3c(C(F)(F)F)cc(=O)oc3cc2NC[C@H]1C. The lowest BCUT2D eigenvalue weighted by atomic mass is 9.81. The van der Waals surface area contributed by atoms with Gasteiger partial charge in [0, 0.05) is 29.8 Å². The summed E-state index contributed by atoms with van der Waals surface area (Å²) >= 11 is 0. The van der Waals surface area contributed by atoms with Gasteiger partial charge in [-0.05, 0) is 29.9 Å². The molecular weight excluding hydrogens is 295 g/mol. The molecule has 0 fully saturated rings. The highest BCUT2D eigenvalue weighted by Crippen LogP contribution is 2.42. The second-order valence-corrected chi connectivity index (χ2v) is 5.79. The fourth-order valence-electron chi connectivity index (χ4n) is 3.26. The van der Waals surface area contributed by atoms with Crippen molar-refractivity contribution in [3.63, 3.8) is 0 Å². The van der Waals surface area contributed by atoms with E-state index in [1.165, 1.54) is 12.1 Å². The van der Waals surface area contributed by atoms with E-state index in [2.05, 4.69) is 12.2 Å². The minimum absolute atomic E-state index is 0.0320. The van der Waals surface area contributed by atoms with Crippen molar-refractivity contribution < 1.29 is 17.6 Å². The zero-order chi connectivity index (χ0) is 16.1. The Morgan fingerprint density at radius 1 is 1.32 bits per heavy atom. The smallest absolute Gasteiger partial charge is 0.417 e. The highest BCUT2D eigenvalue weighted by atomic mass is 19.4. The Morgan fingerprint density at radius 3 is 2.68 bits per heavy atom. The molecule has 1 aromatic carbocycles. The van der Waals surface area contributed by atoms with Crippen molar-refractivity contribution in [2.24, 2.45) is 5.92 Å². The minimum Gasteiger partial charge on any atom is -0.423 e. The van der Waals surface area contributed by atoms with Gasteiger partial charge in [0.25, 0.3) is 0 Å². The fraction of sp³-hybridized carbons (Fsp3) is 0.438. The number of halogens is 3. The van der Waals surface area contributed by atoms with Crippen LogP contribution in [-0.4, -0.2) is 6.54 Å². The van der Waals surface area contributed by atoms with Gasteiger partial charge in [0.2, 0.25) is 0 Å². The summed E-state index contributed by atoms with van der Waals surface area (Å²) in [5, 5.41) is 3.15. The van der Waals surface area contributed by atoms with Gasteiger partial charge in [-0.25, -0.2) is 4.79 Å². The van der Waals surface area contributed by atoms with Crippen LogP contribution in [0.2, 0.25) is 0 Å². The van der Waals surface area contributed by atoms with Crippen molar-refractivity contribution in [1.29, 1.82) is 0 Å². The Balaban J connectivity index is 2.32. The van der Waals surface area contributed by atoms with Gasteiger partial charge >= 0.3 is 11.8 Å². The average molecular weight is 311 g/mol. The molecule has 118 valence electrons. The maximum absolute atomic E-state index is 13.2. The van der Waals surface area contributed by atoms with E-state index in [9.17, 15) is 18.0 Å². The van der Waals surface area contributed by atoms with E-state index in [0.29, 0.717) is 12.0 Å². The highest BCUT2D eigenvalue weighted by molar-refractivity contribution is 5.86. The van der Waals surface area contributed by atoms with E-state index in [4.69, 9.17) is 4.42 Å². The molecular formula is C16H16F3NO2. The third-order valence-corrected chi connectivity index (χ3v) is 4.36. The average Bonchev–Trinajstić information content (AvgIpc) is 2.43. The lowest BCUT2D eigenvalue weighted by Gasteiger charge is -2.32. The lowest BCUT2D eigenvalue weighted by Crippen LogP contribution is -2.25. The van der Waals surface area contributed by atoms with E-state index < -0.39 is 17.4 Å². The van der Waals surface area contributed by atoms with Crippen LogP contribution in [0.5, 0.6) is 0 Å². The van der Waals surface area contributed by atoms with Crippen molar-refractivity contribution in [2.75, 3.05) is 11.9 Å². The molecule has 1 aliphatic rings. The number of hydrogen-bond donors (Lipinski definition) is 1. The summed E-state index contributed by atoms with van der Waals surface area (Å²) in [5.41, 5.74) is -0.353. The van der Waals surface area contributed by atoms with Crippen molar-refractivity contribution >= 4 is 16.7 Å². The van der Waals surface area contributed by atoms with Crippen LogP contribution in [0.4, 0.5) is 18.9 Å². The molecule has 0 saturated carbocycles. The molecule has 0 aliphatic carbocycles. The fourth-order valence-corrected chi connectivity index (χ4v) is 3.26. The molecule has 3 rings (SSSR count). The molecule has 0 unspecified atom stereocenters. The third-order valence-electron chi connectivity index (χ3n) is 4.36. The standard InChI is InChI=1S/C16H16F3NO2/c1-3-9-8(2)7-20-13-6-14-11(4-10(9)13)12(16(17,18)19)5-15(21)22-14/h4-6,8-9,20H,3,7H2,1-2H3/t8-,9-/m1/s1. The third kappa shape index (κ3) is 2.36. The van der Waals surface area contributed by atoms with Crippen LogP contribution in [-0.2, 0) is 6.18 Å². The van der Waals surface area contributed by atoms with E-state index in [-0.39, 0.29) is 16.9 Å². The summed E-state index contributed by atoms with van der Waals surface area (Å²) in [7, 11) is 0. The molecule has 0 spiro atoms. The van der Waals surface area contributed by atoms with Crippen LogP contribution >= 0.6 is 0 Å². The Labute approximate surface area is 125 Å². The van der Waals surface area contributed by atoms with Gasteiger partial charge in [-0.1, -0.05) is 13.8 Å². The van der Waals surface area contributed by atoms with Crippen LogP contribution in [0, 0.1) is 5.92 Å². The molecule has 2 heterocycles. The van der Waals surface area contributed by atoms with Gasteiger partial charge < -0.3 is 9.73 Å². The Morgan fingerprint density at radius 2 is 2.05 bits per heavy atom. The number of alkyl halides is 3. The molecule has 1 N–H and O–H groups in total. The first-order valence-corrected chi connectivity index (χ1v) is 7.24. The number of hydrogen-bond acceptors (Lipinski definition) is 3. The van der Waals surface area contributed by atoms with Crippen LogP contribution in [0.1, 0.15) is 37.3 Å². The predicted molar refractivity (Wildman–Crippen MR) is 78.2 cm³/mol. The number of anilines is 1. The zero-order valence-electron chi connectivity index (χ0n) is 12.3. The molecule has 6 heteroatoms. The Kier molecular flexibility index (Phi) is 3.42. The van der Waals surface area contributed by atoms with E-state index >= 15 is 0 Å². The molecule has 0 saturated heterocycles. The lowest BCUT2D eigenvalue weighted by molar-refractivity contribution is -0.136. The summed E-state index contributed by atoms with van der Waals surface area (Å²) in [6.07, 6.45) is -3.74. The molecule has 2 atom stereocenters. The molecule has 2 aromatic rings. The monoisotopic (exact) mass is 311 g/mol. The first-order valence-electron chi connectivity index (χ1n) is 7.24. The maximum Gasteiger partial charge on any atom is 0.417 e. The molecule has 22 heavy (non-hydrogen) atoms. The first kappa shape index (κ1) is 14.9. The largest absolute Gasteiger partial charge is 0.423 e. The van der Waals surface area contributed by atoms with Crippen molar-refractivity contribution in [3.8, 4) is 0 Å². The Bertz CT molecular complexity index is 779. The summed E-state index contributed by atoms with van der Waals surface area (Å²) in [5.74, 6) is 0.522. The summed E-state index contributed by atoms with van der Waals surface area (Å²) in [4.78, 5) is 11.4. The molecule has 0 radical (unpaired) electrons. The van der Waals surface area contributed by atoms with E-state index in [1.807, 2.05) is 6.92 Å². The first-order chi connectivity index (χ1) is 10.3. The van der Waals surface area contributed by atoms with Crippen LogP contribution in [0.25, 0.3) is 11.0 Å². The van der Waals surface area contributed by atoms with Crippen molar-refractivity contribution in [2.45, 2.75) is 32.4 Å². The molecule has 0 bridgehead atoms. The second-order valence-electron chi connectivity index (χ2n) is 5.79. The van der Waals surface area contributed by atoms with Crippen LogP contribution in [0.15, 0.2) is 27.4 Å². The molecule has 1 aliphatic heterocycles. The summed E-state index contributed by atoms with van der Waals surface area (Å²) in [6.45, 7) is 4.85. The minimum atomic E-state index is -4.59. The second kappa shape index (κ2) is 5.04. The van der Waals surface area contributed by atoms with Crippen molar-refractivity contribution in [1.82, 2.24) is 0 Å². The zero-order valence-corrected chi connectivity index (χ0v) is 12.3. The topological polar surface area (TPSA) is 42.2 Å². The maximum atomic E-state index is 13.2. The van der Waals surface area contributed by atoms with Gasteiger partial charge in [-0.3, -0.25) is 0 Å². The quantitative estimate of drug-likeness (QED) is 0.795. The summed E-state index contributed by atoms with van der Waals surface area (Å²) in [6, 6.07) is 3.55. The van der Waals surface area contributed by atoms with Crippen molar-refractivity contribution in [3.05, 3.63) is 39.7 Å². The Hall–Kier alpha value is -1.98. The van der Waals surface area contributed by atoms with Gasteiger partial charge in [-0.2, -0.15) is 13.2 Å². The van der Waals surface area contributed by atoms with Crippen LogP contribution < -0.4 is 10.9 Å². The van der Waals surface area contributed by atoms with Crippen LogP contribution in [0.3, 0.4) is 0 Å². The number of nitrogens with one attached hydrogen (secondary N) is 1. The molecule has 0 amide bonds. The van der Waals surface area contributed by atoms with E-state index in [0.717, 1.165) is 24.2 Å². The number of rotatable bonds is 1. The predicted octanol–water partition coefficient (Wildman–Crippen LogP) is 4.37. The highest BCUT2D eigenvalue weighted by Gasteiger charge is 2.35. The number of fused-ring (bicyclic) bond motifs is 2. The van der Waals surface area contributed by atoms with Gasteiger partial charge in [0.15, 0.2) is 0 Å². The summed E-state index contributed by atoms with van der Waals surface area (Å²) < 4.78 is 44.5. The molecule has 1 aromatic heterocycles. The van der Waals surface area contributed by atoms with E-state index in [1.54, 1.807) is 0 Å². The normalized spacial score (nSPS) is 21.5.